The summed E-state index contributed by atoms with van der Waals surface area (Å²) in [7, 11) is 0. The molecule has 4 aliphatic carbocycles. The van der Waals surface area contributed by atoms with Gasteiger partial charge in [0, 0.05) is 43.6 Å². The molecular formula is C23H36O6. The van der Waals surface area contributed by atoms with E-state index in [-0.39, 0.29) is 53.4 Å². The predicted octanol–water partition coefficient (Wildman–Crippen LogP) is 2.84. The van der Waals surface area contributed by atoms with Crippen molar-refractivity contribution in [2.75, 3.05) is 6.61 Å². The Hall–Kier alpha value is -1.14. The van der Waals surface area contributed by atoms with Gasteiger partial charge in [0.05, 0.1) is 5.60 Å². The molecule has 0 amide bonds. The quantitative estimate of drug-likeness (QED) is 0.698. The lowest BCUT2D eigenvalue weighted by molar-refractivity contribution is -0.177. The van der Waals surface area contributed by atoms with Crippen molar-refractivity contribution in [3.63, 3.8) is 0 Å². The van der Waals surface area contributed by atoms with Gasteiger partial charge < -0.3 is 19.7 Å². The molecule has 0 heterocycles. The van der Waals surface area contributed by atoms with Crippen molar-refractivity contribution in [1.82, 2.24) is 0 Å². The van der Waals surface area contributed by atoms with E-state index >= 15 is 0 Å². The van der Waals surface area contributed by atoms with Crippen LogP contribution in [0, 0.1) is 34.5 Å². The van der Waals surface area contributed by atoms with E-state index in [1.54, 1.807) is 0 Å². The van der Waals surface area contributed by atoms with Crippen LogP contribution in [0.1, 0.15) is 72.6 Å². The molecule has 4 fully saturated rings. The van der Waals surface area contributed by atoms with Crippen molar-refractivity contribution in [2.45, 2.75) is 90.4 Å². The number of carbonyl (C=O) groups is 2. The minimum Gasteiger partial charge on any atom is -0.462 e. The lowest BCUT2D eigenvalue weighted by atomic mass is 9.55. The first-order valence-corrected chi connectivity index (χ1v) is 11.2. The van der Waals surface area contributed by atoms with E-state index in [0.717, 1.165) is 38.5 Å². The van der Waals surface area contributed by atoms with Crippen LogP contribution in [0.15, 0.2) is 0 Å². The van der Waals surface area contributed by atoms with Gasteiger partial charge in [0.2, 0.25) is 0 Å². The second-order valence-corrected chi connectivity index (χ2v) is 10.6. The molecule has 4 saturated carbocycles. The van der Waals surface area contributed by atoms with E-state index < -0.39 is 5.60 Å². The van der Waals surface area contributed by atoms with Crippen LogP contribution in [0.5, 0.6) is 0 Å². The molecule has 0 aromatic heterocycles. The van der Waals surface area contributed by atoms with E-state index in [9.17, 15) is 19.8 Å². The molecule has 29 heavy (non-hydrogen) atoms. The Balaban J connectivity index is 1.67. The van der Waals surface area contributed by atoms with Crippen LogP contribution in [0.2, 0.25) is 0 Å². The maximum Gasteiger partial charge on any atom is 0.302 e. The lowest BCUT2D eigenvalue weighted by Gasteiger charge is -2.52. The second-order valence-electron chi connectivity index (χ2n) is 10.6. The Morgan fingerprint density at radius 3 is 2.28 bits per heavy atom. The molecule has 6 heteroatoms. The normalized spacial score (nSPS) is 51.0. The molecule has 2 N–H and O–H groups in total. The molecule has 0 aromatic carbocycles. The molecule has 6 nitrogen and oxygen atoms in total. The third kappa shape index (κ3) is 2.88. The molecule has 164 valence electrons. The molecule has 0 unspecified atom stereocenters. The van der Waals surface area contributed by atoms with Crippen molar-refractivity contribution >= 4 is 11.9 Å². The van der Waals surface area contributed by atoms with Gasteiger partial charge in [-0.2, -0.15) is 0 Å². The number of aliphatic hydroxyl groups excluding tert-OH is 1. The summed E-state index contributed by atoms with van der Waals surface area (Å²) in [5.41, 5.74) is -1.43. The number of hydrogen-bond acceptors (Lipinski definition) is 6. The van der Waals surface area contributed by atoms with Gasteiger partial charge >= 0.3 is 11.9 Å². The number of esters is 2. The van der Waals surface area contributed by atoms with Gasteiger partial charge in [-0.1, -0.05) is 13.8 Å². The Morgan fingerprint density at radius 2 is 1.66 bits per heavy atom. The summed E-state index contributed by atoms with van der Waals surface area (Å²) < 4.78 is 11.2. The molecule has 4 rings (SSSR count). The number of carbonyl (C=O) groups excluding carboxylic acids is 2. The van der Waals surface area contributed by atoms with Gasteiger partial charge in [-0.25, -0.2) is 0 Å². The first-order valence-electron chi connectivity index (χ1n) is 11.2. The molecular weight excluding hydrogens is 372 g/mol. The van der Waals surface area contributed by atoms with Gasteiger partial charge in [-0.15, -0.1) is 0 Å². The highest BCUT2D eigenvalue weighted by molar-refractivity contribution is 5.66. The van der Waals surface area contributed by atoms with Gasteiger partial charge in [-0.05, 0) is 56.3 Å². The smallest absolute Gasteiger partial charge is 0.302 e. The molecule has 0 radical (unpaired) electrons. The number of fused-ring (bicyclic) bond motifs is 5. The maximum absolute atomic E-state index is 12.0. The van der Waals surface area contributed by atoms with Crippen LogP contribution >= 0.6 is 0 Å². The van der Waals surface area contributed by atoms with E-state index in [2.05, 4.69) is 13.8 Å². The van der Waals surface area contributed by atoms with E-state index in [0.29, 0.717) is 18.3 Å². The Kier molecular flexibility index (Phi) is 5.05. The van der Waals surface area contributed by atoms with Gasteiger partial charge in [0.25, 0.3) is 0 Å². The summed E-state index contributed by atoms with van der Waals surface area (Å²) in [4.78, 5) is 23.2. The molecule has 0 spiro atoms. The fourth-order valence-corrected chi connectivity index (χ4v) is 8.21. The molecule has 0 bridgehead atoms. The topological polar surface area (TPSA) is 93.1 Å². The maximum atomic E-state index is 12.0. The van der Waals surface area contributed by atoms with Gasteiger partial charge in [0.15, 0.2) is 0 Å². The van der Waals surface area contributed by atoms with Crippen molar-refractivity contribution in [2.24, 2.45) is 34.5 Å². The van der Waals surface area contributed by atoms with Crippen molar-refractivity contribution in [3.8, 4) is 0 Å². The van der Waals surface area contributed by atoms with Crippen molar-refractivity contribution in [3.05, 3.63) is 0 Å². The van der Waals surface area contributed by atoms with Crippen LogP contribution in [0.4, 0.5) is 0 Å². The highest BCUT2D eigenvalue weighted by Gasteiger charge is 2.72. The van der Waals surface area contributed by atoms with E-state index in [1.807, 2.05) is 0 Å². The number of rotatable bonds is 3. The molecule has 4 aliphatic rings. The summed E-state index contributed by atoms with van der Waals surface area (Å²) in [6.45, 7) is 7.24. The Bertz CT molecular complexity index is 693. The summed E-state index contributed by atoms with van der Waals surface area (Å²) >= 11 is 0. The van der Waals surface area contributed by atoms with Crippen molar-refractivity contribution in [1.29, 1.82) is 0 Å². The van der Waals surface area contributed by atoms with Gasteiger partial charge in [-0.3, -0.25) is 9.59 Å². The predicted molar refractivity (Wildman–Crippen MR) is 106 cm³/mol. The largest absolute Gasteiger partial charge is 0.462 e. The van der Waals surface area contributed by atoms with E-state index in [4.69, 9.17) is 9.47 Å². The molecule has 9 atom stereocenters. The third-order valence-corrected chi connectivity index (χ3v) is 9.49. The SMILES string of the molecule is CC(=O)O[C@H]1CC[C@]2(C)[C@@H]3CC[C@@]4(C)[C@@H](OC(C)=O)CC[C@@H]4[C@@H]3[C@H](CO)[C@]2(O)C1. The minimum atomic E-state index is -1.04. The lowest BCUT2D eigenvalue weighted by Crippen LogP contribution is -2.55. The van der Waals surface area contributed by atoms with Crippen LogP contribution in [-0.4, -0.2) is 46.6 Å². The second kappa shape index (κ2) is 6.94. The fourth-order valence-electron chi connectivity index (χ4n) is 8.21. The van der Waals surface area contributed by atoms with Crippen LogP contribution < -0.4 is 0 Å². The Morgan fingerprint density at radius 1 is 0.966 bits per heavy atom. The van der Waals surface area contributed by atoms with Crippen LogP contribution in [-0.2, 0) is 19.1 Å². The summed E-state index contributed by atoms with van der Waals surface area (Å²) in [6, 6.07) is 0. The van der Waals surface area contributed by atoms with E-state index in [1.165, 1.54) is 13.8 Å². The van der Waals surface area contributed by atoms with Crippen molar-refractivity contribution < 1.29 is 29.3 Å². The summed E-state index contributed by atoms with van der Waals surface area (Å²) in [5.74, 6) is 0.0683. The summed E-state index contributed by atoms with van der Waals surface area (Å²) in [5, 5.41) is 22.5. The monoisotopic (exact) mass is 408 g/mol. The molecule has 0 aromatic rings. The molecule has 0 saturated heterocycles. The zero-order chi connectivity index (χ0) is 21.2. The number of aliphatic hydroxyl groups is 2. The van der Waals surface area contributed by atoms with Gasteiger partial charge in [0.1, 0.15) is 12.2 Å². The standard InChI is InChI=1S/C23H36O6/c1-13(25)28-15-7-10-22(4)17-8-9-21(3)16(5-6-19(21)29-14(2)26)20(17)18(12-24)23(22,27)11-15/h15-20,24,27H,5-12H2,1-4H3/t15-,16+,17+,18-,19-,20-,21+,22+,23+/m0/s1. The van der Waals surface area contributed by atoms with Crippen LogP contribution in [0.25, 0.3) is 0 Å². The van der Waals surface area contributed by atoms with Crippen LogP contribution in [0.3, 0.4) is 0 Å². The number of ether oxygens (including phenoxy) is 2. The Labute approximate surface area is 173 Å². The fraction of sp³-hybridized carbons (Fsp3) is 0.913. The average Bonchev–Trinajstić information content (AvgIpc) is 3.04. The highest BCUT2D eigenvalue weighted by Crippen LogP contribution is 2.72. The highest BCUT2D eigenvalue weighted by atomic mass is 16.5. The first-order chi connectivity index (χ1) is 13.6. The average molecular weight is 409 g/mol. The summed E-state index contributed by atoms with van der Waals surface area (Å²) in [6.07, 6.45) is 5.37. The number of hydrogen-bond donors (Lipinski definition) is 2. The third-order valence-electron chi connectivity index (χ3n) is 9.49. The first kappa shape index (κ1) is 21.1. The molecule has 0 aliphatic heterocycles. The zero-order valence-electron chi connectivity index (χ0n) is 18.1. The zero-order valence-corrected chi connectivity index (χ0v) is 18.1. The minimum absolute atomic E-state index is 0.0646.